The lowest BCUT2D eigenvalue weighted by Crippen LogP contribution is -2.19. The number of halogens is 2. The van der Waals surface area contributed by atoms with Crippen molar-refractivity contribution in [3.05, 3.63) is 55.5 Å². The topological polar surface area (TPSA) is 112 Å². The molecule has 8 nitrogen and oxygen atoms in total. The molecule has 2 aromatic rings. The molecule has 0 aliphatic rings. The fourth-order valence-corrected chi connectivity index (χ4v) is 2.54. The molecule has 0 bridgehead atoms. The van der Waals surface area contributed by atoms with Crippen LogP contribution in [0.5, 0.6) is 0 Å². The van der Waals surface area contributed by atoms with E-state index < -0.39 is 30.6 Å². The minimum Gasteiger partial charge on any atom is -0.440 e. The number of primary amides is 1. The highest BCUT2D eigenvalue weighted by molar-refractivity contribution is 5.96. The third-order valence-corrected chi connectivity index (χ3v) is 4.03. The molecule has 0 spiro atoms. The molecule has 0 saturated heterocycles. The number of nitrogens with one attached hydrogen (secondary N) is 1. The van der Waals surface area contributed by atoms with E-state index in [0.29, 0.717) is 4.68 Å². The van der Waals surface area contributed by atoms with Crippen molar-refractivity contribution >= 4 is 17.7 Å². The van der Waals surface area contributed by atoms with Crippen LogP contribution < -0.4 is 11.1 Å². The van der Waals surface area contributed by atoms with Crippen molar-refractivity contribution < 1.29 is 23.1 Å². The third kappa shape index (κ3) is 5.24. The highest BCUT2D eigenvalue weighted by Gasteiger charge is 2.23. The number of carbonyl (C=O) groups excluding carboxylic acids is 2. The van der Waals surface area contributed by atoms with Gasteiger partial charge in [-0.2, -0.15) is 13.9 Å². The summed E-state index contributed by atoms with van der Waals surface area (Å²) in [7, 11) is 0. The molecule has 0 fully saturated rings. The Hall–Kier alpha value is -3.56. The highest BCUT2D eigenvalue weighted by atomic mass is 19.3. The summed E-state index contributed by atoms with van der Waals surface area (Å²) in [6, 6.07) is 2.93. The van der Waals surface area contributed by atoms with Crippen molar-refractivity contribution in [3.63, 3.8) is 0 Å². The maximum atomic E-state index is 13.5. The van der Waals surface area contributed by atoms with Gasteiger partial charge >= 0.3 is 12.6 Å². The number of nitrogens with zero attached hydrogens (tertiary/aromatic N) is 3. The van der Waals surface area contributed by atoms with Gasteiger partial charge in [0.25, 0.3) is 0 Å². The van der Waals surface area contributed by atoms with Gasteiger partial charge in [-0.05, 0) is 12.1 Å². The van der Waals surface area contributed by atoms with Crippen LogP contribution in [0.2, 0.25) is 0 Å². The zero-order chi connectivity index (χ0) is 21.6. The Bertz CT molecular complexity index is 913. The molecule has 3 N–H and O–H groups in total. The first-order chi connectivity index (χ1) is 13.8. The van der Waals surface area contributed by atoms with E-state index in [1.807, 2.05) is 0 Å². The molecular formula is C19H21F2N5O3. The first-order valence-corrected chi connectivity index (χ1v) is 8.60. The second-order valence-electron chi connectivity index (χ2n) is 6.06. The number of pyridine rings is 1. The van der Waals surface area contributed by atoms with Gasteiger partial charge in [0.1, 0.15) is 6.10 Å². The Morgan fingerprint density at radius 2 is 2.14 bits per heavy atom. The van der Waals surface area contributed by atoms with Gasteiger partial charge in [-0.25, -0.2) is 9.48 Å². The number of rotatable bonds is 9. The predicted molar refractivity (Wildman–Crippen MR) is 103 cm³/mol. The Balaban J connectivity index is 2.51. The van der Waals surface area contributed by atoms with E-state index >= 15 is 0 Å². The summed E-state index contributed by atoms with van der Waals surface area (Å²) in [4.78, 5) is 27.5. The molecular weight excluding hydrogens is 384 g/mol. The van der Waals surface area contributed by atoms with Crippen LogP contribution in [0.1, 0.15) is 31.7 Å². The number of alkyl halides is 2. The fourth-order valence-electron chi connectivity index (χ4n) is 2.54. The highest BCUT2D eigenvalue weighted by Crippen LogP contribution is 2.33. The van der Waals surface area contributed by atoms with Crippen LogP contribution in [0, 0.1) is 5.92 Å². The molecule has 2 aromatic heterocycles. The predicted octanol–water partition coefficient (Wildman–Crippen LogP) is 3.81. The molecule has 0 saturated carbocycles. The molecule has 0 radical (unpaired) electrons. The Kier molecular flexibility index (Phi) is 7.18. The van der Waals surface area contributed by atoms with Gasteiger partial charge in [0.15, 0.2) is 0 Å². The molecule has 0 aromatic carbocycles. The monoisotopic (exact) mass is 405 g/mol. The fraction of sp³-hybridized carbons (Fsp3) is 0.263. The van der Waals surface area contributed by atoms with Gasteiger partial charge < -0.3 is 15.8 Å². The SMILES string of the molecule is C=CC[C@H](OC(N)=O)c1cc(-c2c(NC(=O)C(C)C=C)cnn2C(F)F)ccn1. The van der Waals surface area contributed by atoms with Crippen molar-refractivity contribution in [3.8, 4) is 11.3 Å². The standard InChI is InChI=1S/C19H21F2N5O3/c1-4-6-15(29-19(22)28)13-9-12(7-8-23-13)16-14(10-24-26(16)18(20)21)25-17(27)11(3)5-2/h4-5,7-11,15,18H,1-2,6H2,3H3,(H2,22,28)(H,25,27)/t11?,15-/m0/s1. The van der Waals surface area contributed by atoms with Gasteiger partial charge in [0, 0.05) is 18.2 Å². The van der Waals surface area contributed by atoms with E-state index in [-0.39, 0.29) is 29.1 Å². The Labute approximate surface area is 166 Å². The molecule has 0 aliphatic carbocycles. The third-order valence-electron chi connectivity index (χ3n) is 4.03. The lowest BCUT2D eigenvalue weighted by Gasteiger charge is -2.16. The molecule has 154 valence electrons. The minimum absolute atomic E-state index is 0.0234. The summed E-state index contributed by atoms with van der Waals surface area (Å²) < 4.78 is 32.5. The van der Waals surface area contributed by atoms with Crippen LogP contribution in [0.25, 0.3) is 11.3 Å². The summed E-state index contributed by atoms with van der Waals surface area (Å²) in [5.41, 5.74) is 5.72. The second kappa shape index (κ2) is 9.58. The molecule has 2 amide bonds. The van der Waals surface area contributed by atoms with Crippen LogP contribution in [0.3, 0.4) is 0 Å². The van der Waals surface area contributed by atoms with Crippen molar-refractivity contribution in [2.45, 2.75) is 26.0 Å². The van der Waals surface area contributed by atoms with Crippen molar-refractivity contribution in [1.29, 1.82) is 0 Å². The number of amides is 2. The number of nitrogens with two attached hydrogens (primary N) is 1. The molecule has 0 aliphatic heterocycles. The average Bonchev–Trinajstić information content (AvgIpc) is 3.10. The average molecular weight is 405 g/mol. The second-order valence-corrected chi connectivity index (χ2v) is 6.06. The first kappa shape index (κ1) is 21.7. The van der Waals surface area contributed by atoms with Gasteiger partial charge in [0.05, 0.1) is 29.2 Å². The molecule has 2 rings (SSSR count). The zero-order valence-electron chi connectivity index (χ0n) is 15.7. The van der Waals surface area contributed by atoms with Crippen LogP contribution in [0.4, 0.5) is 19.3 Å². The van der Waals surface area contributed by atoms with Crippen molar-refractivity contribution in [1.82, 2.24) is 14.8 Å². The number of aromatic nitrogens is 3. The Morgan fingerprint density at radius 1 is 1.41 bits per heavy atom. The van der Waals surface area contributed by atoms with Crippen molar-refractivity contribution in [2.75, 3.05) is 5.32 Å². The number of ether oxygens (including phenoxy) is 1. The zero-order valence-corrected chi connectivity index (χ0v) is 15.7. The number of hydrogen-bond acceptors (Lipinski definition) is 5. The van der Waals surface area contributed by atoms with Gasteiger partial charge in [-0.1, -0.05) is 19.1 Å². The largest absolute Gasteiger partial charge is 0.440 e. The quantitative estimate of drug-likeness (QED) is 0.616. The summed E-state index contributed by atoms with van der Waals surface area (Å²) in [5.74, 6) is -0.961. The van der Waals surface area contributed by atoms with E-state index in [1.165, 1.54) is 30.5 Å². The minimum atomic E-state index is -2.95. The van der Waals surface area contributed by atoms with Gasteiger partial charge in [0.2, 0.25) is 5.91 Å². The lowest BCUT2D eigenvalue weighted by molar-refractivity contribution is -0.118. The number of hydrogen-bond donors (Lipinski definition) is 2. The van der Waals surface area contributed by atoms with E-state index in [4.69, 9.17) is 10.5 Å². The summed E-state index contributed by atoms with van der Waals surface area (Å²) in [5, 5.41) is 6.25. The van der Waals surface area contributed by atoms with Crippen LogP contribution >= 0.6 is 0 Å². The van der Waals surface area contributed by atoms with Crippen LogP contribution in [0.15, 0.2) is 49.8 Å². The van der Waals surface area contributed by atoms with Crippen LogP contribution in [-0.4, -0.2) is 26.8 Å². The number of anilines is 1. The first-order valence-electron chi connectivity index (χ1n) is 8.60. The van der Waals surface area contributed by atoms with Crippen molar-refractivity contribution in [2.24, 2.45) is 11.7 Å². The van der Waals surface area contributed by atoms with Crippen LogP contribution in [-0.2, 0) is 9.53 Å². The van der Waals surface area contributed by atoms with E-state index in [0.717, 1.165) is 6.20 Å². The molecule has 10 heteroatoms. The lowest BCUT2D eigenvalue weighted by atomic mass is 10.1. The van der Waals surface area contributed by atoms with Gasteiger partial charge in [-0.15, -0.1) is 13.2 Å². The van der Waals surface area contributed by atoms with E-state index in [9.17, 15) is 18.4 Å². The summed E-state index contributed by atoms with van der Waals surface area (Å²) in [6.45, 7) is 5.79. The van der Waals surface area contributed by atoms with E-state index in [2.05, 4.69) is 28.6 Å². The summed E-state index contributed by atoms with van der Waals surface area (Å²) >= 11 is 0. The molecule has 29 heavy (non-hydrogen) atoms. The molecule has 1 unspecified atom stereocenters. The Morgan fingerprint density at radius 3 is 2.72 bits per heavy atom. The maximum Gasteiger partial charge on any atom is 0.405 e. The maximum absolute atomic E-state index is 13.5. The number of carbonyl (C=O) groups is 2. The summed E-state index contributed by atoms with van der Waals surface area (Å²) in [6.07, 6.45) is 3.81. The molecule has 2 heterocycles. The molecule has 2 atom stereocenters. The smallest absolute Gasteiger partial charge is 0.405 e. The normalized spacial score (nSPS) is 12.8. The van der Waals surface area contributed by atoms with E-state index in [1.54, 1.807) is 6.92 Å². The van der Waals surface area contributed by atoms with Gasteiger partial charge in [-0.3, -0.25) is 9.78 Å².